The molecule has 1 saturated heterocycles. The molecule has 0 spiro atoms. The lowest BCUT2D eigenvalue weighted by Crippen LogP contribution is -2.41. The number of carbonyl (C=O) groups is 2. The highest BCUT2D eigenvalue weighted by atomic mass is 28.4. The van der Waals surface area contributed by atoms with E-state index >= 15 is 0 Å². The summed E-state index contributed by atoms with van der Waals surface area (Å²) in [5, 5.41) is 46.6. The van der Waals surface area contributed by atoms with Crippen molar-refractivity contribution in [2.45, 2.75) is 104 Å². The van der Waals surface area contributed by atoms with Crippen molar-refractivity contribution in [3.05, 3.63) is 23.0 Å². The van der Waals surface area contributed by atoms with Crippen LogP contribution >= 0.6 is 0 Å². The zero-order valence-corrected chi connectivity index (χ0v) is 23.3. The van der Waals surface area contributed by atoms with Crippen molar-refractivity contribution in [2.75, 3.05) is 13.2 Å². The summed E-state index contributed by atoms with van der Waals surface area (Å²) in [7, 11) is -2.29. The summed E-state index contributed by atoms with van der Waals surface area (Å²) >= 11 is 0. The molecule has 0 aliphatic carbocycles. The highest BCUT2D eigenvalue weighted by Crippen LogP contribution is 2.39. The van der Waals surface area contributed by atoms with Gasteiger partial charge in [-0.05, 0) is 32.0 Å². The molecule has 0 unspecified atom stereocenters. The summed E-state index contributed by atoms with van der Waals surface area (Å²) in [6.45, 7) is 16.9. The van der Waals surface area contributed by atoms with Crippen molar-refractivity contribution in [3.8, 4) is 0 Å². The fourth-order valence-corrected chi connectivity index (χ4v) is 3.90. The first-order valence-corrected chi connectivity index (χ1v) is 14.6. The zero-order chi connectivity index (χ0) is 28.2. The van der Waals surface area contributed by atoms with Crippen LogP contribution in [0.1, 0.15) is 55.9 Å². The van der Waals surface area contributed by atoms with Gasteiger partial charge in [0, 0.05) is 0 Å². The average molecular weight is 553 g/mol. The van der Waals surface area contributed by atoms with Crippen molar-refractivity contribution >= 4 is 20.3 Å². The fourth-order valence-electron chi connectivity index (χ4n) is 2.90. The van der Waals surface area contributed by atoms with Crippen LogP contribution in [0.25, 0.3) is 0 Å². The lowest BCUT2D eigenvalue weighted by Gasteiger charge is -2.36. The Balaban J connectivity index is 0.000000652. The Bertz CT molecular complexity index is 871. The summed E-state index contributed by atoms with van der Waals surface area (Å²) in [5.74, 6) is -4.46. The van der Waals surface area contributed by atoms with Gasteiger partial charge in [0.15, 0.2) is 29.5 Å². The van der Waals surface area contributed by atoms with Crippen molar-refractivity contribution in [1.82, 2.24) is 0 Å². The first kappa shape index (κ1) is 34.7. The number of hydrogen-bond acceptors (Lipinski definition) is 12. The minimum Gasteiger partial charge on any atom is -0.536 e. The molecule has 5 N–H and O–H groups in total. The number of aliphatic hydroxyl groups is 5. The molecule has 4 atom stereocenters. The number of cyclic esters (lactones) is 2. The largest absolute Gasteiger partial charge is 0.536 e. The topological polar surface area (TPSA) is 181 Å². The van der Waals surface area contributed by atoms with Gasteiger partial charge in [-0.25, -0.2) is 9.59 Å². The van der Waals surface area contributed by atoms with Gasteiger partial charge >= 0.3 is 11.9 Å². The number of hydrogen-bond donors (Lipinski definition) is 5. The summed E-state index contributed by atoms with van der Waals surface area (Å²) in [6, 6.07) is 0. The SMILES string of the molecule is C.CC.CC(C)(C)[Si](C)(C)OC1=C(O)[C@@H]([C@@H](O)CO)OC1=O.CC1(C)OC[C@@H]([C@H]2OC(=O)C(O)=C2O)O1. The molecular formula is C24H44O12Si. The summed E-state index contributed by atoms with van der Waals surface area (Å²) < 4.78 is 25.9. The van der Waals surface area contributed by atoms with Crippen LogP contribution < -0.4 is 0 Å². The van der Waals surface area contributed by atoms with Gasteiger partial charge in [0.05, 0.1) is 13.2 Å². The van der Waals surface area contributed by atoms with Crippen molar-refractivity contribution < 1.29 is 58.5 Å². The zero-order valence-electron chi connectivity index (χ0n) is 22.3. The quantitative estimate of drug-likeness (QED) is 0.249. The highest BCUT2D eigenvalue weighted by Gasteiger charge is 2.47. The lowest BCUT2D eigenvalue weighted by atomic mass is 10.2. The molecule has 0 aromatic rings. The third-order valence-electron chi connectivity index (χ3n) is 5.93. The molecule has 12 nitrogen and oxygen atoms in total. The van der Waals surface area contributed by atoms with E-state index in [1.165, 1.54) is 0 Å². The first-order chi connectivity index (χ1) is 16.4. The van der Waals surface area contributed by atoms with E-state index in [2.05, 4.69) is 0 Å². The molecule has 3 heterocycles. The van der Waals surface area contributed by atoms with E-state index in [1.54, 1.807) is 13.8 Å². The Labute approximate surface area is 219 Å². The Hall–Kier alpha value is -2.32. The van der Waals surface area contributed by atoms with Gasteiger partial charge in [0.2, 0.25) is 11.5 Å². The molecule has 0 aromatic carbocycles. The molecule has 37 heavy (non-hydrogen) atoms. The summed E-state index contributed by atoms with van der Waals surface area (Å²) in [5.41, 5.74) is 0. The number of rotatable bonds is 5. The number of carbonyl (C=O) groups excluding carboxylic acids is 2. The van der Waals surface area contributed by atoms with E-state index < -0.39 is 74.3 Å². The minimum atomic E-state index is -2.29. The van der Waals surface area contributed by atoms with E-state index in [-0.39, 0.29) is 24.8 Å². The maximum absolute atomic E-state index is 11.7. The normalized spacial score (nSPS) is 25.8. The van der Waals surface area contributed by atoms with Crippen LogP contribution in [0.3, 0.4) is 0 Å². The second-order valence-electron chi connectivity index (χ2n) is 10.1. The van der Waals surface area contributed by atoms with Gasteiger partial charge < -0.3 is 48.9 Å². The number of esters is 2. The van der Waals surface area contributed by atoms with Crippen LogP contribution in [0, 0.1) is 0 Å². The molecule has 0 saturated carbocycles. The predicted molar refractivity (Wildman–Crippen MR) is 136 cm³/mol. The highest BCUT2D eigenvalue weighted by molar-refractivity contribution is 6.74. The second kappa shape index (κ2) is 13.0. The third-order valence-corrected chi connectivity index (χ3v) is 10.3. The number of aliphatic hydroxyl groups excluding tert-OH is 5. The van der Waals surface area contributed by atoms with Crippen molar-refractivity contribution in [1.29, 1.82) is 0 Å². The molecule has 3 aliphatic rings. The fraction of sp³-hybridized carbons (Fsp3) is 0.750. The molecule has 0 radical (unpaired) electrons. The van der Waals surface area contributed by atoms with Crippen LogP contribution in [0.2, 0.25) is 18.1 Å². The van der Waals surface area contributed by atoms with Gasteiger partial charge in [-0.1, -0.05) is 42.0 Å². The third kappa shape index (κ3) is 8.08. The first-order valence-electron chi connectivity index (χ1n) is 11.7. The lowest BCUT2D eigenvalue weighted by molar-refractivity contribution is -0.163. The Morgan fingerprint density at radius 3 is 1.97 bits per heavy atom. The molecular weight excluding hydrogens is 508 g/mol. The second-order valence-corrected chi connectivity index (χ2v) is 14.8. The van der Waals surface area contributed by atoms with Gasteiger partial charge in [0.1, 0.15) is 12.2 Å². The van der Waals surface area contributed by atoms with E-state index in [0.29, 0.717) is 0 Å². The van der Waals surface area contributed by atoms with E-state index in [1.807, 2.05) is 47.7 Å². The Morgan fingerprint density at radius 1 is 1.05 bits per heavy atom. The molecule has 0 aromatic heterocycles. The Kier molecular flexibility index (Phi) is 12.1. The van der Waals surface area contributed by atoms with E-state index in [9.17, 15) is 24.9 Å². The maximum Gasteiger partial charge on any atom is 0.377 e. The molecule has 0 amide bonds. The maximum atomic E-state index is 11.7. The number of ether oxygens (including phenoxy) is 4. The van der Waals surface area contributed by atoms with Gasteiger partial charge in [-0.2, -0.15) is 0 Å². The summed E-state index contributed by atoms with van der Waals surface area (Å²) in [4.78, 5) is 22.6. The van der Waals surface area contributed by atoms with Crippen LogP contribution in [0.15, 0.2) is 23.0 Å². The standard InChI is InChI=1S/C12H22O6Si.C9H12O6.C2H6.CH4/c1-12(2,3)19(4,5)18-10-8(15)9(7(14)6-13)17-11(10)16;1-9(2)13-3-4(15-9)7-5(10)6(11)8(12)14-7;1-2;/h7,9,13-15H,6H2,1-5H3;4,7,10-11H,3H2,1-2H3;1-2H3;1H4/t7-,9+;4-,7+;;/m00../s1. The molecule has 216 valence electrons. The molecule has 1 fully saturated rings. The molecule has 0 bridgehead atoms. The molecule has 3 aliphatic heterocycles. The predicted octanol–water partition coefficient (Wildman–Crippen LogP) is 3.11. The minimum absolute atomic E-state index is 0. The van der Waals surface area contributed by atoms with Gasteiger partial charge in [-0.15, -0.1) is 0 Å². The van der Waals surface area contributed by atoms with E-state index in [0.717, 1.165) is 0 Å². The van der Waals surface area contributed by atoms with Crippen LogP contribution in [-0.2, 0) is 33.0 Å². The van der Waals surface area contributed by atoms with Gasteiger partial charge in [0.25, 0.3) is 8.32 Å². The smallest absolute Gasteiger partial charge is 0.377 e. The average Bonchev–Trinajstić information content (AvgIpc) is 3.38. The Morgan fingerprint density at radius 2 is 1.59 bits per heavy atom. The van der Waals surface area contributed by atoms with E-state index in [4.69, 9.17) is 33.6 Å². The monoisotopic (exact) mass is 552 g/mol. The van der Waals surface area contributed by atoms with Crippen molar-refractivity contribution in [3.63, 3.8) is 0 Å². The van der Waals surface area contributed by atoms with Crippen LogP contribution in [-0.4, -0.2) is 89.2 Å². The molecule has 13 heteroatoms. The summed E-state index contributed by atoms with van der Waals surface area (Å²) in [6.07, 6.45) is -4.17. The van der Waals surface area contributed by atoms with Crippen LogP contribution in [0.4, 0.5) is 0 Å². The van der Waals surface area contributed by atoms with Gasteiger partial charge in [-0.3, -0.25) is 0 Å². The molecule has 3 rings (SSSR count). The van der Waals surface area contributed by atoms with Crippen LogP contribution in [0.5, 0.6) is 0 Å². The van der Waals surface area contributed by atoms with Crippen molar-refractivity contribution in [2.24, 2.45) is 0 Å².